The number of amides is 1. The third-order valence-corrected chi connectivity index (χ3v) is 4.33. The number of hydrogen-bond donors (Lipinski definition) is 2. The van der Waals surface area contributed by atoms with E-state index in [1.54, 1.807) is 6.20 Å². The largest absolute Gasteiger partial charge is 0.357 e. The lowest BCUT2D eigenvalue weighted by Crippen LogP contribution is -2.52. The molecule has 7 heteroatoms. The maximum atomic E-state index is 12.4. The Bertz CT molecular complexity index is 456. The van der Waals surface area contributed by atoms with Crippen molar-refractivity contribution < 1.29 is 4.79 Å². The Kier molecular flexibility index (Phi) is 13.0. The predicted octanol–water partition coefficient (Wildman–Crippen LogP) is 3.41. The first-order valence-corrected chi connectivity index (χ1v) is 8.29. The number of carbonyl (C=O) groups is 1. The predicted molar refractivity (Wildman–Crippen MR) is 107 cm³/mol. The number of anilines is 1. The lowest BCUT2D eigenvalue weighted by molar-refractivity contribution is 0.0895. The van der Waals surface area contributed by atoms with Gasteiger partial charge in [-0.2, -0.15) is 0 Å². The van der Waals surface area contributed by atoms with Crippen molar-refractivity contribution in [3.63, 3.8) is 0 Å². The van der Waals surface area contributed by atoms with Gasteiger partial charge in [-0.3, -0.25) is 4.79 Å². The molecule has 0 saturated heterocycles. The molecule has 0 bridgehead atoms. The third-order valence-electron chi connectivity index (χ3n) is 4.33. The first kappa shape index (κ1) is 25.2. The quantitative estimate of drug-likeness (QED) is 0.690. The summed E-state index contributed by atoms with van der Waals surface area (Å²) in [6.07, 6.45) is 4.36. The summed E-state index contributed by atoms with van der Waals surface area (Å²) in [6.45, 7) is 10.7. The summed E-state index contributed by atoms with van der Waals surface area (Å²) in [4.78, 5) is 19.0. The number of nitrogens with two attached hydrogens (primary N) is 1. The van der Waals surface area contributed by atoms with Crippen LogP contribution in [-0.4, -0.2) is 36.1 Å². The first-order chi connectivity index (χ1) is 10.6. The molecule has 1 rings (SSSR count). The van der Waals surface area contributed by atoms with Gasteiger partial charge in [0.15, 0.2) is 0 Å². The van der Waals surface area contributed by atoms with E-state index >= 15 is 0 Å². The average Bonchev–Trinajstić information content (AvgIpc) is 2.57. The molecule has 3 N–H and O–H groups in total. The molecule has 1 aromatic rings. The van der Waals surface area contributed by atoms with E-state index in [1.807, 2.05) is 26.0 Å². The average molecular weight is 379 g/mol. The minimum Gasteiger partial charge on any atom is -0.357 e. The molecule has 1 aromatic heterocycles. The van der Waals surface area contributed by atoms with Crippen molar-refractivity contribution in [1.82, 2.24) is 10.3 Å². The van der Waals surface area contributed by atoms with E-state index in [9.17, 15) is 4.79 Å². The molecule has 0 fully saturated rings. The lowest BCUT2D eigenvalue weighted by Gasteiger charge is -2.31. The van der Waals surface area contributed by atoms with Gasteiger partial charge in [0.1, 0.15) is 5.82 Å². The van der Waals surface area contributed by atoms with Gasteiger partial charge in [-0.25, -0.2) is 4.98 Å². The maximum Gasteiger partial charge on any atom is 0.253 e. The van der Waals surface area contributed by atoms with E-state index in [0.717, 1.165) is 38.2 Å². The minimum atomic E-state index is -0.326. The van der Waals surface area contributed by atoms with Crippen molar-refractivity contribution >= 4 is 36.5 Å². The molecule has 0 spiro atoms. The van der Waals surface area contributed by atoms with Gasteiger partial charge in [0.2, 0.25) is 0 Å². The SMILES string of the molecule is CCCN(CC)c1ccc(C(=O)NC(CC)(CC)CN)cn1.Cl.Cl. The molecule has 1 heterocycles. The van der Waals surface area contributed by atoms with Crippen molar-refractivity contribution in [2.75, 3.05) is 24.5 Å². The molecular formula is C17H32Cl2N4O. The summed E-state index contributed by atoms with van der Waals surface area (Å²) in [6, 6.07) is 3.75. The van der Waals surface area contributed by atoms with Gasteiger partial charge in [0.05, 0.1) is 11.1 Å². The van der Waals surface area contributed by atoms with Crippen LogP contribution in [0.2, 0.25) is 0 Å². The van der Waals surface area contributed by atoms with E-state index in [1.165, 1.54) is 0 Å². The van der Waals surface area contributed by atoms with Gasteiger partial charge in [-0.1, -0.05) is 20.8 Å². The second-order valence-corrected chi connectivity index (χ2v) is 5.63. The third kappa shape index (κ3) is 6.46. The minimum absolute atomic E-state index is 0. The van der Waals surface area contributed by atoms with Crippen molar-refractivity contribution in [2.45, 2.75) is 52.5 Å². The van der Waals surface area contributed by atoms with Crippen molar-refractivity contribution in [3.05, 3.63) is 23.9 Å². The molecule has 0 aliphatic heterocycles. The Morgan fingerprint density at radius 3 is 2.21 bits per heavy atom. The van der Waals surface area contributed by atoms with E-state index in [2.05, 4.69) is 29.0 Å². The highest BCUT2D eigenvalue weighted by atomic mass is 35.5. The molecule has 5 nitrogen and oxygen atoms in total. The van der Waals surface area contributed by atoms with Crippen LogP contribution in [0.25, 0.3) is 0 Å². The molecule has 0 radical (unpaired) electrons. The van der Waals surface area contributed by atoms with Crippen molar-refractivity contribution in [2.24, 2.45) is 5.73 Å². The molecule has 0 aromatic carbocycles. The molecular weight excluding hydrogens is 347 g/mol. The van der Waals surface area contributed by atoms with Crippen LogP contribution in [0, 0.1) is 0 Å². The highest BCUT2D eigenvalue weighted by Crippen LogP contribution is 2.16. The first-order valence-electron chi connectivity index (χ1n) is 8.29. The summed E-state index contributed by atoms with van der Waals surface area (Å²) in [5.41, 5.74) is 6.09. The monoisotopic (exact) mass is 378 g/mol. The molecule has 140 valence electrons. The summed E-state index contributed by atoms with van der Waals surface area (Å²) < 4.78 is 0. The number of nitrogens with zero attached hydrogens (tertiary/aromatic N) is 2. The van der Waals surface area contributed by atoms with E-state index in [-0.39, 0.29) is 36.3 Å². The van der Waals surface area contributed by atoms with Gasteiger partial charge < -0.3 is 16.0 Å². The number of nitrogens with one attached hydrogen (secondary N) is 1. The van der Waals surface area contributed by atoms with Crippen LogP contribution in [0.1, 0.15) is 57.3 Å². The fraction of sp³-hybridized carbons (Fsp3) is 0.647. The number of halogens is 2. The van der Waals surface area contributed by atoms with Crippen LogP contribution in [0.4, 0.5) is 5.82 Å². The number of hydrogen-bond acceptors (Lipinski definition) is 4. The standard InChI is InChI=1S/C17H30N4O.2ClH/c1-5-11-21(8-4)15-10-9-14(12-19-15)16(22)20-17(6-2,7-3)13-18;;/h9-10,12H,5-8,11,13,18H2,1-4H3,(H,20,22);2*1H. The van der Waals surface area contributed by atoms with Crippen LogP contribution in [0.5, 0.6) is 0 Å². The van der Waals surface area contributed by atoms with Crippen LogP contribution >= 0.6 is 24.8 Å². The fourth-order valence-corrected chi connectivity index (χ4v) is 2.49. The lowest BCUT2D eigenvalue weighted by atomic mass is 9.92. The van der Waals surface area contributed by atoms with E-state index in [0.29, 0.717) is 12.1 Å². The number of aromatic nitrogens is 1. The molecule has 0 atom stereocenters. The zero-order chi connectivity index (χ0) is 16.6. The van der Waals surface area contributed by atoms with Crippen molar-refractivity contribution in [3.8, 4) is 0 Å². The van der Waals surface area contributed by atoms with Gasteiger partial charge in [-0.05, 0) is 38.3 Å². The molecule has 24 heavy (non-hydrogen) atoms. The fourth-order valence-electron chi connectivity index (χ4n) is 2.49. The summed E-state index contributed by atoms with van der Waals surface area (Å²) in [7, 11) is 0. The normalized spacial score (nSPS) is 10.4. The van der Waals surface area contributed by atoms with Crippen LogP contribution in [0.15, 0.2) is 18.3 Å². The van der Waals surface area contributed by atoms with Crippen LogP contribution in [-0.2, 0) is 0 Å². The smallest absolute Gasteiger partial charge is 0.253 e. The van der Waals surface area contributed by atoms with E-state index < -0.39 is 0 Å². The van der Waals surface area contributed by atoms with Crippen LogP contribution in [0.3, 0.4) is 0 Å². The second-order valence-electron chi connectivity index (χ2n) is 5.63. The Morgan fingerprint density at radius 1 is 1.21 bits per heavy atom. The summed E-state index contributed by atoms with van der Waals surface area (Å²) in [5.74, 6) is 0.809. The van der Waals surface area contributed by atoms with Gasteiger partial charge in [-0.15, -0.1) is 24.8 Å². The van der Waals surface area contributed by atoms with Gasteiger partial charge >= 0.3 is 0 Å². The number of carbonyl (C=O) groups excluding carboxylic acids is 1. The highest BCUT2D eigenvalue weighted by Gasteiger charge is 2.26. The van der Waals surface area contributed by atoms with Gasteiger partial charge in [0.25, 0.3) is 5.91 Å². The summed E-state index contributed by atoms with van der Waals surface area (Å²) >= 11 is 0. The topological polar surface area (TPSA) is 71.2 Å². The summed E-state index contributed by atoms with van der Waals surface area (Å²) in [5, 5.41) is 3.07. The molecule has 0 aliphatic rings. The molecule has 0 saturated carbocycles. The highest BCUT2D eigenvalue weighted by molar-refractivity contribution is 5.94. The molecule has 1 amide bonds. The molecule has 0 aliphatic carbocycles. The van der Waals surface area contributed by atoms with E-state index in [4.69, 9.17) is 5.73 Å². The zero-order valence-electron chi connectivity index (χ0n) is 15.2. The Morgan fingerprint density at radius 2 is 1.83 bits per heavy atom. The Balaban J connectivity index is 0. The Hall–Kier alpha value is -1.04. The van der Waals surface area contributed by atoms with Gasteiger partial charge in [0, 0.05) is 25.8 Å². The van der Waals surface area contributed by atoms with Crippen molar-refractivity contribution in [1.29, 1.82) is 0 Å². The van der Waals surface area contributed by atoms with Crippen LogP contribution < -0.4 is 16.0 Å². The number of rotatable bonds is 9. The molecule has 0 unspecified atom stereocenters. The zero-order valence-corrected chi connectivity index (χ0v) is 16.8. The maximum absolute atomic E-state index is 12.4. The Labute approximate surface area is 158 Å². The number of pyridine rings is 1. The second kappa shape index (κ2) is 12.3.